The first kappa shape index (κ1) is 18.4. The van der Waals surface area contributed by atoms with Crippen LogP contribution in [-0.4, -0.2) is 49.1 Å². The summed E-state index contributed by atoms with van der Waals surface area (Å²) < 4.78 is 29.6. The molecule has 138 valence electrons. The van der Waals surface area contributed by atoms with E-state index >= 15 is 0 Å². The molecule has 3 atom stereocenters. The van der Waals surface area contributed by atoms with Crippen LogP contribution in [0.25, 0.3) is 0 Å². The SMILES string of the molecule is CNC(=O)[C@@H]1Cc2ccccc2CN1S(=O)(=O)N1C[C@H](C)C[C@@H](C)C1. The molecule has 0 saturated carbocycles. The molecule has 2 aliphatic heterocycles. The van der Waals surface area contributed by atoms with Gasteiger partial charge in [0.15, 0.2) is 0 Å². The smallest absolute Gasteiger partial charge is 0.283 e. The maximum Gasteiger partial charge on any atom is 0.283 e. The Hall–Kier alpha value is -1.44. The van der Waals surface area contributed by atoms with Gasteiger partial charge in [-0.15, -0.1) is 0 Å². The van der Waals surface area contributed by atoms with Crippen molar-refractivity contribution in [1.82, 2.24) is 13.9 Å². The third-order valence-electron chi connectivity index (χ3n) is 5.21. The Morgan fingerprint density at radius 1 is 1.12 bits per heavy atom. The van der Waals surface area contributed by atoms with Crippen molar-refractivity contribution < 1.29 is 13.2 Å². The van der Waals surface area contributed by atoms with E-state index in [2.05, 4.69) is 19.2 Å². The topological polar surface area (TPSA) is 69.7 Å². The second-order valence-corrected chi connectivity index (χ2v) is 9.30. The van der Waals surface area contributed by atoms with Gasteiger partial charge in [-0.1, -0.05) is 38.1 Å². The first-order valence-corrected chi connectivity index (χ1v) is 10.3. The van der Waals surface area contributed by atoms with Crippen LogP contribution in [-0.2, 0) is 28.0 Å². The highest BCUT2D eigenvalue weighted by atomic mass is 32.2. The van der Waals surface area contributed by atoms with E-state index < -0.39 is 16.3 Å². The first-order chi connectivity index (χ1) is 11.8. The van der Waals surface area contributed by atoms with E-state index in [9.17, 15) is 13.2 Å². The number of likely N-dealkylation sites (N-methyl/N-ethyl adjacent to an activating group) is 1. The minimum Gasteiger partial charge on any atom is -0.358 e. The van der Waals surface area contributed by atoms with Crippen LogP contribution in [0.15, 0.2) is 24.3 Å². The molecule has 2 aliphatic rings. The Morgan fingerprint density at radius 3 is 2.32 bits per heavy atom. The molecule has 1 aromatic carbocycles. The van der Waals surface area contributed by atoms with Crippen molar-refractivity contribution in [2.24, 2.45) is 11.8 Å². The van der Waals surface area contributed by atoms with Crippen LogP contribution >= 0.6 is 0 Å². The summed E-state index contributed by atoms with van der Waals surface area (Å²) in [5.74, 6) is 0.402. The van der Waals surface area contributed by atoms with E-state index in [1.165, 1.54) is 4.31 Å². The van der Waals surface area contributed by atoms with Gasteiger partial charge in [-0.3, -0.25) is 4.79 Å². The molecule has 0 aromatic heterocycles. The van der Waals surface area contributed by atoms with E-state index in [-0.39, 0.29) is 12.5 Å². The lowest BCUT2D eigenvalue weighted by Gasteiger charge is -2.41. The molecule has 6 nitrogen and oxygen atoms in total. The highest BCUT2D eigenvalue weighted by Gasteiger charge is 2.42. The molecule has 1 aromatic rings. The molecule has 2 heterocycles. The average molecular weight is 365 g/mol. The van der Waals surface area contributed by atoms with Crippen LogP contribution in [0.5, 0.6) is 0 Å². The largest absolute Gasteiger partial charge is 0.358 e. The van der Waals surface area contributed by atoms with Crippen LogP contribution in [0.2, 0.25) is 0 Å². The number of benzene rings is 1. The van der Waals surface area contributed by atoms with Crippen LogP contribution in [0.1, 0.15) is 31.4 Å². The summed E-state index contributed by atoms with van der Waals surface area (Å²) in [5, 5.41) is 2.62. The number of fused-ring (bicyclic) bond motifs is 1. The number of nitrogens with one attached hydrogen (secondary N) is 1. The number of hydrogen-bond acceptors (Lipinski definition) is 3. The lowest BCUT2D eigenvalue weighted by atomic mass is 9.94. The van der Waals surface area contributed by atoms with Gasteiger partial charge in [0.25, 0.3) is 10.2 Å². The van der Waals surface area contributed by atoms with Crippen LogP contribution in [0.3, 0.4) is 0 Å². The van der Waals surface area contributed by atoms with Crippen molar-refractivity contribution in [3.8, 4) is 0 Å². The number of carbonyl (C=O) groups excluding carboxylic acids is 1. The zero-order valence-electron chi connectivity index (χ0n) is 15.1. The van der Waals surface area contributed by atoms with Gasteiger partial charge in [-0.2, -0.15) is 17.0 Å². The first-order valence-electron chi connectivity index (χ1n) is 8.88. The van der Waals surface area contributed by atoms with E-state index in [1.54, 1.807) is 11.4 Å². The van der Waals surface area contributed by atoms with E-state index in [1.807, 2.05) is 24.3 Å². The summed E-state index contributed by atoms with van der Waals surface area (Å²) in [4.78, 5) is 12.4. The van der Waals surface area contributed by atoms with Crippen molar-refractivity contribution in [1.29, 1.82) is 0 Å². The highest BCUT2D eigenvalue weighted by Crippen LogP contribution is 2.30. The fourth-order valence-electron chi connectivity index (χ4n) is 4.07. The van der Waals surface area contributed by atoms with Gasteiger partial charge in [0.1, 0.15) is 6.04 Å². The number of carbonyl (C=O) groups is 1. The predicted molar refractivity (Wildman–Crippen MR) is 97.0 cm³/mol. The normalized spacial score (nSPS) is 28.4. The molecule has 0 spiro atoms. The number of hydrogen-bond donors (Lipinski definition) is 1. The Labute approximate surface area is 150 Å². The zero-order chi connectivity index (χ0) is 18.2. The number of rotatable bonds is 3. The predicted octanol–water partition coefficient (Wildman–Crippen LogP) is 1.38. The molecule has 0 radical (unpaired) electrons. The lowest BCUT2D eigenvalue weighted by molar-refractivity contribution is -0.124. The van der Waals surface area contributed by atoms with Gasteiger partial charge in [0.2, 0.25) is 5.91 Å². The molecular weight excluding hydrogens is 338 g/mol. The molecule has 3 rings (SSSR count). The minimum atomic E-state index is -3.69. The zero-order valence-corrected chi connectivity index (χ0v) is 15.9. The number of amides is 1. The second kappa shape index (κ2) is 7.05. The Balaban J connectivity index is 1.95. The Bertz CT molecular complexity index is 740. The average Bonchev–Trinajstić information content (AvgIpc) is 2.59. The fraction of sp³-hybridized carbons (Fsp3) is 0.611. The molecule has 0 unspecified atom stereocenters. The van der Waals surface area contributed by atoms with E-state index in [0.717, 1.165) is 17.5 Å². The summed E-state index contributed by atoms with van der Waals surface area (Å²) >= 11 is 0. The summed E-state index contributed by atoms with van der Waals surface area (Å²) in [5.41, 5.74) is 2.02. The summed E-state index contributed by atoms with van der Waals surface area (Å²) in [6.45, 7) is 5.45. The third kappa shape index (κ3) is 3.59. The highest BCUT2D eigenvalue weighted by molar-refractivity contribution is 7.86. The van der Waals surface area contributed by atoms with Gasteiger partial charge < -0.3 is 5.32 Å². The van der Waals surface area contributed by atoms with Gasteiger partial charge >= 0.3 is 0 Å². The van der Waals surface area contributed by atoms with Crippen molar-refractivity contribution >= 4 is 16.1 Å². The van der Waals surface area contributed by atoms with Gasteiger partial charge in [-0.25, -0.2) is 0 Å². The lowest BCUT2D eigenvalue weighted by Crippen LogP contribution is -2.57. The molecule has 1 saturated heterocycles. The van der Waals surface area contributed by atoms with Gasteiger partial charge in [0.05, 0.1) is 0 Å². The Morgan fingerprint density at radius 2 is 1.72 bits per heavy atom. The molecular formula is C18H27N3O3S. The number of piperidine rings is 1. The van der Waals surface area contributed by atoms with Crippen molar-refractivity contribution in [2.75, 3.05) is 20.1 Å². The molecule has 0 bridgehead atoms. The third-order valence-corrected chi connectivity index (χ3v) is 7.14. The summed E-state index contributed by atoms with van der Waals surface area (Å²) in [6.07, 6.45) is 1.45. The van der Waals surface area contributed by atoms with Crippen LogP contribution < -0.4 is 5.32 Å². The molecule has 7 heteroatoms. The molecule has 0 aliphatic carbocycles. The van der Waals surface area contributed by atoms with Gasteiger partial charge in [-0.05, 0) is 35.8 Å². The standard InChI is InChI=1S/C18H27N3O3S/c1-13-8-14(2)11-20(10-13)25(23,24)21-12-16-7-5-4-6-15(16)9-17(21)18(22)19-3/h4-7,13-14,17H,8-12H2,1-3H3,(H,19,22)/t13-,14-,17+/m1/s1. The fourth-order valence-corrected chi connectivity index (χ4v) is 6.05. The monoisotopic (exact) mass is 365 g/mol. The van der Waals surface area contributed by atoms with Gasteiger partial charge in [0, 0.05) is 26.7 Å². The number of nitrogens with zero attached hydrogens (tertiary/aromatic N) is 2. The van der Waals surface area contributed by atoms with Crippen LogP contribution in [0, 0.1) is 11.8 Å². The molecule has 25 heavy (non-hydrogen) atoms. The van der Waals surface area contributed by atoms with E-state index in [0.29, 0.717) is 31.3 Å². The molecule has 1 amide bonds. The maximum absolute atomic E-state index is 13.3. The van der Waals surface area contributed by atoms with Crippen molar-refractivity contribution in [3.05, 3.63) is 35.4 Å². The second-order valence-electron chi connectivity index (χ2n) is 7.42. The van der Waals surface area contributed by atoms with Crippen molar-refractivity contribution in [2.45, 2.75) is 39.3 Å². The minimum absolute atomic E-state index is 0.246. The summed E-state index contributed by atoms with van der Waals surface area (Å²) in [7, 11) is -2.14. The molecule has 1 N–H and O–H groups in total. The Kier molecular flexibility index (Phi) is 5.18. The quantitative estimate of drug-likeness (QED) is 0.880. The maximum atomic E-state index is 13.3. The molecule has 1 fully saturated rings. The van der Waals surface area contributed by atoms with Crippen LogP contribution in [0.4, 0.5) is 0 Å². The van der Waals surface area contributed by atoms with E-state index in [4.69, 9.17) is 0 Å². The summed E-state index contributed by atoms with van der Waals surface area (Å²) in [6, 6.07) is 7.06. The van der Waals surface area contributed by atoms with Crippen molar-refractivity contribution in [3.63, 3.8) is 0 Å².